The lowest BCUT2D eigenvalue weighted by Crippen LogP contribution is -1.81. The van der Waals surface area contributed by atoms with Gasteiger partial charge in [0.05, 0.1) is 0 Å². The molecule has 0 spiro atoms. The zero-order chi connectivity index (χ0) is 5.54. The average Bonchev–Trinajstić information content (AvgIpc) is 1.69. The lowest BCUT2D eigenvalue weighted by atomic mass is 10.3. The fourth-order valence-corrected chi connectivity index (χ4v) is 0.562. The van der Waals surface area contributed by atoms with Crippen molar-refractivity contribution in [1.29, 1.82) is 0 Å². The van der Waals surface area contributed by atoms with Gasteiger partial charge in [0, 0.05) is 6.61 Å². The fourth-order valence-electron chi connectivity index (χ4n) is 0.358. The number of hydrogen-bond donors (Lipinski definition) is 1. The van der Waals surface area contributed by atoms with Crippen LogP contribution >= 0.6 is 8.86 Å². The van der Waals surface area contributed by atoms with Crippen molar-refractivity contribution in [1.82, 2.24) is 0 Å². The lowest BCUT2D eigenvalue weighted by Gasteiger charge is -1.87. The Bertz CT molecular complexity index is 45.3. The van der Waals surface area contributed by atoms with Gasteiger partial charge < -0.3 is 5.11 Å². The summed E-state index contributed by atoms with van der Waals surface area (Å²) in [5.41, 5.74) is 0. The number of aliphatic hydroxyl groups excluding tert-OH is 1. The maximum Gasteiger partial charge on any atom is 0.0431 e. The highest BCUT2D eigenvalue weighted by molar-refractivity contribution is 7.18. The van der Waals surface area contributed by atoms with Gasteiger partial charge in [-0.15, -0.1) is 8.86 Å². The van der Waals surface area contributed by atoms with E-state index in [2.05, 4.69) is 8.86 Å². The first-order valence-electron chi connectivity index (χ1n) is 2.51. The highest BCUT2D eigenvalue weighted by Crippen LogP contribution is 1.89. The molecule has 0 rings (SSSR count). The van der Waals surface area contributed by atoms with Crippen LogP contribution in [0.3, 0.4) is 0 Å². The maximum absolute atomic E-state index is 8.26. The zero-order valence-corrected chi connectivity index (χ0v) is 5.35. The molecule has 0 atom stereocenters. The minimum atomic E-state index is 0.320. The molecule has 0 saturated heterocycles. The van der Waals surface area contributed by atoms with E-state index in [1.54, 1.807) is 0 Å². The summed E-state index contributed by atoms with van der Waals surface area (Å²) in [7, 11) is 3.21. The molecule has 1 nitrogen and oxygen atoms in total. The van der Waals surface area contributed by atoms with Crippen molar-refractivity contribution in [2.24, 2.45) is 0 Å². The van der Waals surface area contributed by atoms with Crippen molar-refractivity contribution in [3.05, 3.63) is 0 Å². The second kappa shape index (κ2) is 6.13. The van der Waals surface area contributed by atoms with Crippen LogP contribution in [-0.2, 0) is 0 Å². The van der Waals surface area contributed by atoms with Crippen molar-refractivity contribution >= 4 is 14.7 Å². The Kier molecular flexibility index (Phi) is 6.24. The summed E-state index contributed by atoms with van der Waals surface area (Å²) in [4.78, 5) is 0. The van der Waals surface area contributed by atoms with E-state index in [4.69, 9.17) is 5.11 Å². The SMILES string of the molecule is OCCCCC=P. The van der Waals surface area contributed by atoms with Gasteiger partial charge in [-0.2, -0.15) is 0 Å². The van der Waals surface area contributed by atoms with Crippen LogP contribution in [0.15, 0.2) is 0 Å². The molecule has 0 aromatic carbocycles. The normalized spacial score (nSPS) is 8.71. The standard InChI is InChI=1S/C5H11OP/c6-4-2-1-3-5-7/h5-7H,1-4H2. The Morgan fingerprint density at radius 2 is 2.14 bits per heavy atom. The summed E-state index contributed by atoms with van der Waals surface area (Å²) in [6.07, 6.45) is 3.05. The van der Waals surface area contributed by atoms with Crippen LogP contribution in [0.2, 0.25) is 0 Å². The summed E-state index contributed by atoms with van der Waals surface area (Å²) in [5, 5.41) is 8.26. The van der Waals surface area contributed by atoms with Gasteiger partial charge >= 0.3 is 0 Å². The predicted octanol–water partition coefficient (Wildman–Crippen LogP) is 1.09. The smallest absolute Gasteiger partial charge is 0.0431 e. The van der Waals surface area contributed by atoms with E-state index in [-0.39, 0.29) is 0 Å². The fraction of sp³-hybridized carbons (Fsp3) is 0.800. The largest absolute Gasteiger partial charge is 0.396 e. The first kappa shape index (κ1) is 7.13. The zero-order valence-electron chi connectivity index (χ0n) is 4.35. The van der Waals surface area contributed by atoms with E-state index in [9.17, 15) is 0 Å². The molecule has 0 saturated carbocycles. The molecular formula is C5H11OP. The second-order valence-electron chi connectivity index (χ2n) is 1.42. The van der Waals surface area contributed by atoms with Crippen LogP contribution in [-0.4, -0.2) is 17.5 Å². The minimum Gasteiger partial charge on any atom is -0.396 e. The van der Waals surface area contributed by atoms with Gasteiger partial charge in [0.25, 0.3) is 0 Å². The van der Waals surface area contributed by atoms with E-state index in [0.717, 1.165) is 19.3 Å². The Hall–Kier alpha value is 0.130. The van der Waals surface area contributed by atoms with Gasteiger partial charge in [-0.25, -0.2) is 0 Å². The quantitative estimate of drug-likeness (QED) is 0.433. The number of rotatable bonds is 4. The molecule has 1 N–H and O–H groups in total. The van der Waals surface area contributed by atoms with Crippen LogP contribution in [0.4, 0.5) is 0 Å². The lowest BCUT2D eigenvalue weighted by molar-refractivity contribution is 0.286. The Morgan fingerprint density at radius 3 is 2.57 bits per heavy atom. The van der Waals surface area contributed by atoms with E-state index in [1.807, 2.05) is 5.80 Å². The molecular weight excluding hydrogens is 107 g/mol. The molecule has 0 aromatic rings. The van der Waals surface area contributed by atoms with Gasteiger partial charge in [-0.05, 0) is 19.3 Å². The molecule has 0 amide bonds. The van der Waals surface area contributed by atoms with E-state index < -0.39 is 0 Å². The molecule has 42 valence electrons. The van der Waals surface area contributed by atoms with Gasteiger partial charge in [0.15, 0.2) is 0 Å². The summed E-state index contributed by atoms with van der Waals surface area (Å²) in [6.45, 7) is 0.320. The number of unbranched alkanes of at least 4 members (excludes halogenated alkanes) is 2. The number of aliphatic hydroxyl groups is 1. The molecule has 0 aliphatic heterocycles. The maximum atomic E-state index is 8.26. The molecule has 0 aromatic heterocycles. The minimum absolute atomic E-state index is 0.320. The van der Waals surface area contributed by atoms with Crippen molar-refractivity contribution in [2.45, 2.75) is 19.3 Å². The molecule has 0 aliphatic rings. The summed E-state index contributed by atoms with van der Waals surface area (Å²) >= 11 is 0. The van der Waals surface area contributed by atoms with Crippen molar-refractivity contribution in [3.8, 4) is 0 Å². The van der Waals surface area contributed by atoms with Gasteiger partial charge in [-0.3, -0.25) is 0 Å². The van der Waals surface area contributed by atoms with Crippen molar-refractivity contribution in [3.63, 3.8) is 0 Å². The van der Waals surface area contributed by atoms with Crippen LogP contribution in [0.1, 0.15) is 19.3 Å². The third-order valence-corrected chi connectivity index (χ3v) is 1.05. The molecule has 0 unspecified atom stereocenters. The highest BCUT2D eigenvalue weighted by Gasteiger charge is 1.78. The third-order valence-electron chi connectivity index (χ3n) is 0.757. The van der Waals surface area contributed by atoms with Gasteiger partial charge in [-0.1, -0.05) is 5.80 Å². The topological polar surface area (TPSA) is 20.2 Å². The Morgan fingerprint density at radius 1 is 1.43 bits per heavy atom. The Balaban J connectivity index is 2.56. The van der Waals surface area contributed by atoms with Crippen LogP contribution in [0.5, 0.6) is 0 Å². The number of hydrogen-bond acceptors (Lipinski definition) is 1. The molecule has 0 fully saturated rings. The average molecular weight is 118 g/mol. The molecule has 2 heteroatoms. The monoisotopic (exact) mass is 118 g/mol. The molecule has 0 bridgehead atoms. The summed E-state index contributed by atoms with van der Waals surface area (Å²) in [6, 6.07) is 0. The van der Waals surface area contributed by atoms with Crippen LogP contribution in [0, 0.1) is 0 Å². The molecule has 0 aliphatic carbocycles. The molecule has 0 heterocycles. The first-order chi connectivity index (χ1) is 3.41. The van der Waals surface area contributed by atoms with Crippen LogP contribution in [0.25, 0.3) is 0 Å². The summed E-state index contributed by atoms with van der Waals surface area (Å²) in [5.74, 6) is 1.93. The van der Waals surface area contributed by atoms with E-state index in [0.29, 0.717) is 6.61 Å². The van der Waals surface area contributed by atoms with Crippen molar-refractivity contribution < 1.29 is 5.11 Å². The Labute approximate surface area is 46.6 Å². The summed E-state index contributed by atoms with van der Waals surface area (Å²) < 4.78 is 0. The van der Waals surface area contributed by atoms with Crippen molar-refractivity contribution in [2.75, 3.05) is 6.61 Å². The van der Waals surface area contributed by atoms with Gasteiger partial charge in [0.2, 0.25) is 0 Å². The second-order valence-corrected chi connectivity index (χ2v) is 1.83. The van der Waals surface area contributed by atoms with Crippen LogP contribution < -0.4 is 0 Å². The van der Waals surface area contributed by atoms with E-state index in [1.165, 1.54) is 0 Å². The molecule has 7 heavy (non-hydrogen) atoms. The predicted molar refractivity (Wildman–Crippen MR) is 35.3 cm³/mol. The van der Waals surface area contributed by atoms with Gasteiger partial charge in [0.1, 0.15) is 0 Å². The third kappa shape index (κ3) is 6.13. The first-order valence-corrected chi connectivity index (χ1v) is 3.09. The molecule has 0 radical (unpaired) electrons. The highest BCUT2D eigenvalue weighted by atomic mass is 31.0. The van der Waals surface area contributed by atoms with E-state index >= 15 is 0 Å².